The Labute approximate surface area is 92.7 Å². The molecule has 0 aromatic heterocycles. The van der Waals surface area contributed by atoms with Crippen molar-refractivity contribution in [2.45, 2.75) is 45.4 Å². The topological polar surface area (TPSA) is 26.0 Å². The predicted molar refractivity (Wildman–Crippen MR) is 66.0 cm³/mol. The molecular formula is C14H21N. The van der Waals surface area contributed by atoms with Gasteiger partial charge in [-0.05, 0) is 48.8 Å². The van der Waals surface area contributed by atoms with Crippen molar-refractivity contribution in [1.82, 2.24) is 0 Å². The van der Waals surface area contributed by atoms with Crippen molar-refractivity contribution in [3.8, 4) is 0 Å². The van der Waals surface area contributed by atoms with Crippen LogP contribution in [0.5, 0.6) is 0 Å². The molecule has 1 saturated carbocycles. The second-order valence-corrected chi connectivity index (χ2v) is 5.10. The summed E-state index contributed by atoms with van der Waals surface area (Å²) in [6.45, 7) is 4.46. The van der Waals surface area contributed by atoms with Crippen LogP contribution >= 0.6 is 0 Å². The molecule has 15 heavy (non-hydrogen) atoms. The van der Waals surface area contributed by atoms with E-state index in [1.54, 1.807) is 0 Å². The molecule has 1 aromatic carbocycles. The van der Waals surface area contributed by atoms with E-state index in [-0.39, 0.29) is 0 Å². The van der Waals surface area contributed by atoms with Gasteiger partial charge in [0.1, 0.15) is 0 Å². The average Bonchev–Trinajstić information content (AvgIpc) is 2.17. The molecule has 0 bridgehead atoms. The molecule has 0 radical (unpaired) electrons. The van der Waals surface area contributed by atoms with E-state index >= 15 is 0 Å². The van der Waals surface area contributed by atoms with E-state index in [1.807, 2.05) is 0 Å². The molecule has 0 unspecified atom stereocenters. The second kappa shape index (κ2) is 4.26. The van der Waals surface area contributed by atoms with Gasteiger partial charge >= 0.3 is 0 Å². The second-order valence-electron chi connectivity index (χ2n) is 5.10. The molecule has 0 spiro atoms. The van der Waals surface area contributed by atoms with Crippen LogP contribution in [-0.2, 0) is 0 Å². The highest BCUT2D eigenvalue weighted by atomic mass is 14.6. The largest absolute Gasteiger partial charge is 0.398 e. The molecule has 0 aliphatic heterocycles. The summed E-state index contributed by atoms with van der Waals surface area (Å²) in [6, 6.07) is 6.52. The number of anilines is 1. The number of hydrogen-bond donors (Lipinski definition) is 1. The molecule has 2 rings (SSSR count). The lowest BCUT2D eigenvalue weighted by Crippen LogP contribution is -2.13. The van der Waals surface area contributed by atoms with Gasteiger partial charge in [0.2, 0.25) is 0 Å². The number of nitrogen functional groups attached to an aromatic ring is 1. The lowest BCUT2D eigenvalue weighted by atomic mass is 9.78. The van der Waals surface area contributed by atoms with Gasteiger partial charge in [-0.25, -0.2) is 0 Å². The van der Waals surface area contributed by atoms with Crippen molar-refractivity contribution in [2.24, 2.45) is 5.92 Å². The lowest BCUT2D eigenvalue weighted by molar-refractivity contribution is 0.344. The van der Waals surface area contributed by atoms with Crippen LogP contribution in [0.15, 0.2) is 18.2 Å². The highest BCUT2D eigenvalue weighted by molar-refractivity contribution is 5.50. The molecule has 1 aliphatic carbocycles. The zero-order valence-corrected chi connectivity index (χ0v) is 9.79. The van der Waals surface area contributed by atoms with Gasteiger partial charge in [0, 0.05) is 5.69 Å². The Morgan fingerprint density at radius 3 is 2.73 bits per heavy atom. The summed E-state index contributed by atoms with van der Waals surface area (Å²) in [7, 11) is 0. The fraction of sp³-hybridized carbons (Fsp3) is 0.571. The van der Waals surface area contributed by atoms with E-state index in [0.717, 1.165) is 11.6 Å². The van der Waals surface area contributed by atoms with E-state index in [9.17, 15) is 0 Å². The van der Waals surface area contributed by atoms with Crippen LogP contribution in [0, 0.1) is 12.8 Å². The molecular weight excluding hydrogens is 182 g/mol. The van der Waals surface area contributed by atoms with E-state index in [1.165, 1.54) is 36.8 Å². The van der Waals surface area contributed by atoms with Crippen LogP contribution in [0.1, 0.15) is 49.7 Å². The minimum Gasteiger partial charge on any atom is -0.398 e. The zero-order valence-electron chi connectivity index (χ0n) is 9.79. The van der Waals surface area contributed by atoms with Crippen molar-refractivity contribution < 1.29 is 0 Å². The molecule has 1 aliphatic rings. The highest BCUT2D eigenvalue weighted by Crippen LogP contribution is 2.38. The van der Waals surface area contributed by atoms with Crippen molar-refractivity contribution in [1.29, 1.82) is 0 Å². The first-order valence-electron chi connectivity index (χ1n) is 6.03. The number of benzene rings is 1. The molecule has 0 amide bonds. The Hall–Kier alpha value is -0.980. The molecule has 1 heteroatoms. The average molecular weight is 203 g/mol. The van der Waals surface area contributed by atoms with Gasteiger partial charge in [0.05, 0.1) is 0 Å². The Morgan fingerprint density at radius 1 is 1.27 bits per heavy atom. The third-order valence-corrected chi connectivity index (χ3v) is 3.62. The van der Waals surface area contributed by atoms with E-state index in [0.29, 0.717) is 5.92 Å². The summed E-state index contributed by atoms with van der Waals surface area (Å²) < 4.78 is 0. The van der Waals surface area contributed by atoms with Gasteiger partial charge in [0.15, 0.2) is 0 Å². The normalized spacial score (nSPS) is 26.5. The monoisotopic (exact) mass is 203 g/mol. The number of rotatable bonds is 1. The maximum absolute atomic E-state index is 6.10. The Balaban J connectivity index is 2.21. The summed E-state index contributed by atoms with van der Waals surface area (Å²) >= 11 is 0. The van der Waals surface area contributed by atoms with Gasteiger partial charge in [-0.2, -0.15) is 0 Å². The SMILES string of the molecule is Cc1ccc([C@@H]2CCC[C@@H](C)C2)c(N)c1. The van der Waals surface area contributed by atoms with Crippen molar-refractivity contribution in [3.05, 3.63) is 29.3 Å². The molecule has 1 nitrogen and oxygen atoms in total. The molecule has 0 heterocycles. The fourth-order valence-corrected chi connectivity index (χ4v) is 2.78. The Kier molecular flexibility index (Phi) is 2.99. The van der Waals surface area contributed by atoms with Crippen LogP contribution in [-0.4, -0.2) is 0 Å². The maximum atomic E-state index is 6.10. The van der Waals surface area contributed by atoms with Crippen LogP contribution in [0.4, 0.5) is 5.69 Å². The molecule has 2 N–H and O–H groups in total. The van der Waals surface area contributed by atoms with Gasteiger partial charge in [-0.15, -0.1) is 0 Å². The third kappa shape index (κ3) is 2.34. The van der Waals surface area contributed by atoms with E-state index in [2.05, 4.69) is 32.0 Å². The Morgan fingerprint density at radius 2 is 2.07 bits per heavy atom. The van der Waals surface area contributed by atoms with Crippen molar-refractivity contribution >= 4 is 5.69 Å². The molecule has 1 aromatic rings. The van der Waals surface area contributed by atoms with Crippen molar-refractivity contribution in [3.63, 3.8) is 0 Å². The third-order valence-electron chi connectivity index (χ3n) is 3.62. The molecule has 1 fully saturated rings. The first-order chi connectivity index (χ1) is 7.16. The highest BCUT2D eigenvalue weighted by Gasteiger charge is 2.21. The van der Waals surface area contributed by atoms with E-state index in [4.69, 9.17) is 5.73 Å². The van der Waals surface area contributed by atoms with Gasteiger partial charge in [0.25, 0.3) is 0 Å². The van der Waals surface area contributed by atoms with Gasteiger partial charge in [-0.3, -0.25) is 0 Å². The summed E-state index contributed by atoms with van der Waals surface area (Å²) in [5, 5.41) is 0. The molecule has 0 saturated heterocycles. The summed E-state index contributed by atoms with van der Waals surface area (Å²) in [4.78, 5) is 0. The predicted octanol–water partition coefficient (Wildman–Crippen LogP) is 3.87. The first kappa shape index (κ1) is 10.5. The van der Waals surface area contributed by atoms with Gasteiger partial charge in [-0.1, -0.05) is 31.9 Å². The van der Waals surface area contributed by atoms with Crippen molar-refractivity contribution in [2.75, 3.05) is 5.73 Å². The fourth-order valence-electron chi connectivity index (χ4n) is 2.78. The Bertz CT molecular complexity index is 343. The van der Waals surface area contributed by atoms with E-state index < -0.39 is 0 Å². The smallest absolute Gasteiger partial charge is 0.0352 e. The number of aryl methyl sites for hydroxylation is 1. The quantitative estimate of drug-likeness (QED) is 0.689. The van der Waals surface area contributed by atoms with Gasteiger partial charge < -0.3 is 5.73 Å². The minimum absolute atomic E-state index is 0.703. The summed E-state index contributed by atoms with van der Waals surface area (Å²) in [5.41, 5.74) is 9.74. The van der Waals surface area contributed by atoms with Crippen LogP contribution in [0.2, 0.25) is 0 Å². The van der Waals surface area contributed by atoms with Crippen LogP contribution in [0.3, 0.4) is 0 Å². The summed E-state index contributed by atoms with van der Waals surface area (Å²) in [6.07, 6.45) is 5.38. The van der Waals surface area contributed by atoms with Crippen LogP contribution in [0.25, 0.3) is 0 Å². The first-order valence-corrected chi connectivity index (χ1v) is 6.03. The lowest BCUT2D eigenvalue weighted by Gasteiger charge is -2.28. The minimum atomic E-state index is 0.703. The maximum Gasteiger partial charge on any atom is 0.0352 e. The number of hydrogen-bond acceptors (Lipinski definition) is 1. The molecule has 2 atom stereocenters. The summed E-state index contributed by atoms with van der Waals surface area (Å²) in [5.74, 6) is 1.57. The van der Waals surface area contributed by atoms with Crippen LogP contribution < -0.4 is 5.73 Å². The standard InChI is InChI=1S/C14H21N/c1-10-4-3-5-12(8-10)13-7-6-11(2)9-14(13)15/h6-7,9-10,12H,3-5,8,15H2,1-2H3/t10-,12-/m1/s1. The number of nitrogens with two attached hydrogens (primary N) is 1. The molecule has 82 valence electrons. The zero-order chi connectivity index (χ0) is 10.8.